The average Bonchev–Trinajstić information content (AvgIpc) is 3.36. The lowest BCUT2D eigenvalue weighted by molar-refractivity contribution is 0.102. The number of hydrogen-bond donors (Lipinski definition) is 1. The van der Waals surface area contributed by atoms with Crippen molar-refractivity contribution >= 4 is 23.3 Å². The lowest BCUT2D eigenvalue weighted by atomic mass is 10.2. The molecule has 1 amide bonds. The third-order valence-electron chi connectivity index (χ3n) is 4.86. The van der Waals surface area contributed by atoms with Gasteiger partial charge in [0.15, 0.2) is 5.69 Å². The summed E-state index contributed by atoms with van der Waals surface area (Å²) in [7, 11) is 0. The highest BCUT2D eigenvalue weighted by atomic mass is 32.1. The molecule has 0 spiro atoms. The van der Waals surface area contributed by atoms with Crippen molar-refractivity contribution in [2.75, 3.05) is 5.32 Å². The number of benzene rings is 1. The average molecular weight is 423 g/mol. The Kier molecular flexibility index (Phi) is 5.40. The number of nitrogens with one attached hydrogen (secondary N) is 1. The normalized spacial score (nSPS) is 11.1. The standard InChI is InChI=1S/C20H22N8OS/c1-12-8-13(2)27(23-12)10-16-6-5-7-17(9-16)21-20(29)19-15(4)28(26-22-19)11-18-14(3)24-30-25-18/h5-9H,10-11H2,1-4H3,(H,21,29). The van der Waals surface area contributed by atoms with Crippen LogP contribution in [0.25, 0.3) is 0 Å². The number of anilines is 1. The van der Waals surface area contributed by atoms with Gasteiger partial charge in [-0.05, 0) is 51.5 Å². The summed E-state index contributed by atoms with van der Waals surface area (Å²) >= 11 is 1.16. The minimum atomic E-state index is -0.296. The summed E-state index contributed by atoms with van der Waals surface area (Å²) < 4.78 is 12.0. The smallest absolute Gasteiger partial charge is 0.278 e. The number of carbonyl (C=O) groups excluding carboxylic acids is 1. The zero-order valence-electron chi connectivity index (χ0n) is 17.2. The van der Waals surface area contributed by atoms with E-state index in [-0.39, 0.29) is 5.91 Å². The van der Waals surface area contributed by atoms with Crippen molar-refractivity contribution in [1.29, 1.82) is 0 Å². The van der Waals surface area contributed by atoms with Crippen LogP contribution in [0.1, 0.15) is 44.5 Å². The molecule has 4 aromatic rings. The molecule has 0 bridgehead atoms. The molecule has 154 valence electrons. The van der Waals surface area contributed by atoms with E-state index < -0.39 is 0 Å². The topological polar surface area (TPSA) is 103 Å². The highest BCUT2D eigenvalue weighted by molar-refractivity contribution is 6.99. The molecule has 0 saturated carbocycles. The Morgan fingerprint density at radius 3 is 2.60 bits per heavy atom. The first-order valence-electron chi connectivity index (χ1n) is 9.50. The van der Waals surface area contributed by atoms with Gasteiger partial charge < -0.3 is 5.32 Å². The van der Waals surface area contributed by atoms with E-state index in [9.17, 15) is 4.79 Å². The van der Waals surface area contributed by atoms with Crippen molar-refractivity contribution in [2.45, 2.75) is 40.8 Å². The number of carbonyl (C=O) groups is 1. The zero-order chi connectivity index (χ0) is 21.3. The molecule has 0 unspecified atom stereocenters. The van der Waals surface area contributed by atoms with Crippen LogP contribution >= 0.6 is 11.7 Å². The Labute approximate surface area is 178 Å². The molecule has 0 aliphatic rings. The van der Waals surface area contributed by atoms with Gasteiger partial charge in [-0.15, -0.1) is 5.10 Å². The maximum atomic E-state index is 12.8. The largest absolute Gasteiger partial charge is 0.321 e. The molecule has 0 atom stereocenters. The van der Waals surface area contributed by atoms with Gasteiger partial charge in [0.2, 0.25) is 0 Å². The number of nitrogens with zero attached hydrogens (tertiary/aromatic N) is 7. The third-order valence-corrected chi connectivity index (χ3v) is 5.52. The van der Waals surface area contributed by atoms with Crippen molar-refractivity contribution in [3.63, 3.8) is 0 Å². The van der Waals surface area contributed by atoms with Crippen LogP contribution in [0.3, 0.4) is 0 Å². The molecule has 9 nitrogen and oxygen atoms in total. The van der Waals surface area contributed by atoms with Gasteiger partial charge in [-0.1, -0.05) is 17.3 Å². The molecule has 1 aromatic carbocycles. The quantitative estimate of drug-likeness (QED) is 0.512. The molecule has 0 fully saturated rings. The Bertz CT molecular complexity index is 1210. The lowest BCUT2D eigenvalue weighted by Crippen LogP contribution is -2.15. The van der Waals surface area contributed by atoms with Crippen LogP contribution in [0.5, 0.6) is 0 Å². The van der Waals surface area contributed by atoms with Crippen molar-refractivity contribution in [3.05, 3.63) is 70.1 Å². The van der Waals surface area contributed by atoms with Crippen LogP contribution in [0, 0.1) is 27.7 Å². The number of amides is 1. The molecule has 10 heteroatoms. The van der Waals surface area contributed by atoms with Crippen LogP contribution in [0.4, 0.5) is 5.69 Å². The maximum absolute atomic E-state index is 12.8. The van der Waals surface area contributed by atoms with Crippen LogP contribution in [-0.2, 0) is 13.1 Å². The minimum Gasteiger partial charge on any atom is -0.321 e. The van der Waals surface area contributed by atoms with E-state index >= 15 is 0 Å². The highest BCUT2D eigenvalue weighted by Gasteiger charge is 2.18. The van der Waals surface area contributed by atoms with Gasteiger partial charge >= 0.3 is 0 Å². The zero-order valence-corrected chi connectivity index (χ0v) is 18.1. The lowest BCUT2D eigenvalue weighted by Gasteiger charge is -2.08. The second-order valence-electron chi connectivity index (χ2n) is 7.22. The molecular formula is C20H22N8OS. The van der Waals surface area contributed by atoms with Crippen molar-refractivity contribution in [3.8, 4) is 0 Å². The minimum absolute atomic E-state index is 0.291. The first-order chi connectivity index (χ1) is 14.4. The van der Waals surface area contributed by atoms with Crippen LogP contribution in [-0.4, -0.2) is 39.4 Å². The van der Waals surface area contributed by atoms with Crippen molar-refractivity contribution in [2.24, 2.45) is 0 Å². The third kappa shape index (κ3) is 4.13. The molecule has 0 aliphatic carbocycles. The Balaban J connectivity index is 1.48. The number of aryl methyl sites for hydroxylation is 3. The summed E-state index contributed by atoms with van der Waals surface area (Å²) in [6.07, 6.45) is 0. The van der Waals surface area contributed by atoms with Gasteiger partial charge in [-0.3, -0.25) is 9.48 Å². The van der Waals surface area contributed by atoms with Crippen LogP contribution < -0.4 is 5.32 Å². The summed E-state index contributed by atoms with van der Waals surface area (Å²) in [6.45, 7) is 8.80. The van der Waals surface area contributed by atoms with Gasteiger partial charge in [-0.25, -0.2) is 4.68 Å². The van der Waals surface area contributed by atoms with E-state index in [1.807, 2.05) is 62.7 Å². The summed E-state index contributed by atoms with van der Waals surface area (Å²) in [5.41, 5.74) is 6.49. The summed E-state index contributed by atoms with van der Waals surface area (Å²) in [5.74, 6) is -0.296. The van der Waals surface area contributed by atoms with E-state index in [1.54, 1.807) is 4.68 Å². The first-order valence-corrected chi connectivity index (χ1v) is 10.2. The van der Waals surface area contributed by atoms with E-state index in [2.05, 4.69) is 29.5 Å². The Morgan fingerprint density at radius 1 is 1.07 bits per heavy atom. The fraction of sp³-hybridized carbons (Fsp3) is 0.300. The van der Waals surface area contributed by atoms with Crippen LogP contribution in [0.15, 0.2) is 30.3 Å². The number of aromatic nitrogens is 7. The first kappa shape index (κ1) is 19.9. The van der Waals surface area contributed by atoms with Crippen molar-refractivity contribution < 1.29 is 4.79 Å². The van der Waals surface area contributed by atoms with E-state index in [0.717, 1.165) is 40.1 Å². The monoisotopic (exact) mass is 422 g/mol. The SMILES string of the molecule is Cc1cc(C)n(Cc2cccc(NC(=O)c3nnn(Cc4nsnc4C)c3C)c2)n1. The molecule has 3 heterocycles. The fourth-order valence-corrected chi connectivity index (χ4v) is 3.76. The van der Waals surface area contributed by atoms with Crippen molar-refractivity contribution in [1.82, 2.24) is 33.5 Å². The van der Waals surface area contributed by atoms with E-state index in [0.29, 0.717) is 30.2 Å². The van der Waals surface area contributed by atoms with Gasteiger partial charge in [0.05, 0.1) is 47.6 Å². The molecule has 0 aliphatic heterocycles. The predicted molar refractivity (Wildman–Crippen MR) is 114 cm³/mol. The molecule has 1 N–H and O–H groups in total. The molecule has 3 aromatic heterocycles. The van der Waals surface area contributed by atoms with Gasteiger partial charge in [-0.2, -0.15) is 13.8 Å². The maximum Gasteiger partial charge on any atom is 0.278 e. The predicted octanol–water partition coefficient (Wildman–Crippen LogP) is 2.91. The number of rotatable bonds is 6. The van der Waals surface area contributed by atoms with E-state index in [1.165, 1.54) is 0 Å². The Hall–Kier alpha value is -3.40. The second-order valence-corrected chi connectivity index (χ2v) is 7.75. The highest BCUT2D eigenvalue weighted by Crippen LogP contribution is 2.16. The van der Waals surface area contributed by atoms with Gasteiger partial charge in [0, 0.05) is 11.4 Å². The molecule has 0 radical (unpaired) electrons. The molecule has 4 rings (SSSR count). The molecule has 0 saturated heterocycles. The Morgan fingerprint density at radius 2 is 1.90 bits per heavy atom. The fourth-order valence-electron chi connectivity index (χ4n) is 3.20. The van der Waals surface area contributed by atoms with E-state index in [4.69, 9.17) is 0 Å². The number of hydrogen-bond acceptors (Lipinski definition) is 7. The summed E-state index contributed by atoms with van der Waals surface area (Å²) in [5, 5.41) is 15.6. The second kappa shape index (κ2) is 8.15. The van der Waals surface area contributed by atoms with Gasteiger partial charge in [0.25, 0.3) is 5.91 Å². The summed E-state index contributed by atoms with van der Waals surface area (Å²) in [6, 6.07) is 9.77. The molecular weight excluding hydrogens is 400 g/mol. The van der Waals surface area contributed by atoms with Crippen LogP contribution in [0.2, 0.25) is 0 Å². The molecule has 30 heavy (non-hydrogen) atoms. The summed E-state index contributed by atoms with van der Waals surface area (Å²) in [4.78, 5) is 12.8. The van der Waals surface area contributed by atoms with Gasteiger partial charge in [0.1, 0.15) is 0 Å².